The Bertz CT molecular complexity index is 591. The second kappa shape index (κ2) is 4.84. The molecule has 1 saturated carbocycles. The number of thioether (sulfide) groups is 1. The summed E-state index contributed by atoms with van der Waals surface area (Å²) in [4.78, 5) is 1.34. The lowest BCUT2D eigenvalue weighted by molar-refractivity contribution is 0.334. The highest BCUT2D eigenvalue weighted by molar-refractivity contribution is 8.00. The van der Waals surface area contributed by atoms with Crippen molar-refractivity contribution >= 4 is 22.5 Å². The molecule has 2 unspecified atom stereocenters. The van der Waals surface area contributed by atoms with Crippen molar-refractivity contribution in [2.45, 2.75) is 42.9 Å². The van der Waals surface area contributed by atoms with E-state index in [0.717, 1.165) is 0 Å². The topological polar surface area (TPSA) is 26.0 Å². The van der Waals surface area contributed by atoms with Crippen molar-refractivity contribution in [1.82, 2.24) is 0 Å². The summed E-state index contributed by atoms with van der Waals surface area (Å²) in [5.74, 6) is 0. The van der Waals surface area contributed by atoms with Gasteiger partial charge in [-0.2, -0.15) is 0 Å². The van der Waals surface area contributed by atoms with Crippen molar-refractivity contribution < 1.29 is 0 Å². The number of rotatable bonds is 2. The predicted molar refractivity (Wildman–Crippen MR) is 84.6 cm³/mol. The van der Waals surface area contributed by atoms with Gasteiger partial charge in [0.2, 0.25) is 0 Å². The van der Waals surface area contributed by atoms with Crippen LogP contribution in [0.4, 0.5) is 0 Å². The summed E-state index contributed by atoms with van der Waals surface area (Å²) < 4.78 is 0. The summed E-state index contributed by atoms with van der Waals surface area (Å²) >= 11 is 1.95. The van der Waals surface area contributed by atoms with Gasteiger partial charge in [0.25, 0.3) is 0 Å². The standard InChI is InChI=1S/C17H21NS/c1-17(2)10-9-15(16(17)18)19-14-8-7-12-5-3-4-6-13(12)11-14/h3-8,11,15-16H,9-10,18H2,1-2H3. The molecule has 2 heteroatoms. The van der Waals surface area contributed by atoms with Crippen molar-refractivity contribution in [3.8, 4) is 0 Å². The molecule has 0 bridgehead atoms. The monoisotopic (exact) mass is 271 g/mol. The number of hydrogen-bond donors (Lipinski definition) is 1. The second-order valence-electron chi connectivity index (χ2n) is 6.22. The zero-order chi connectivity index (χ0) is 13.5. The van der Waals surface area contributed by atoms with E-state index >= 15 is 0 Å². The highest BCUT2D eigenvalue weighted by Gasteiger charge is 2.39. The van der Waals surface area contributed by atoms with Gasteiger partial charge in [0.05, 0.1) is 0 Å². The van der Waals surface area contributed by atoms with Crippen LogP contribution in [0.3, 0.4) is 0 Å². The first-order chi connectivity index (χ1) is 9.06. The quantitative estimate of drug-likeness (QED) is 0.873. The molecule has 0 saturated heterocycles. The summed E-state index contributed by atoms with van der Waals surface area (Å²) in [5, 5.41) is 3.18. The van der Waals surface area contributed by atoms with Crippen LogP contribution in [-0.2, 0) is 0 Å². The average Bonchev–Trinajstić information content (AvgIpc) is 2.66. The number of benzene rings is 2. The van der Waals surface area contributed by atoms with Gasteiger partial charge in [0.1, 0.15) is 0 Å². The molecule has 0 spiro atoms. The van der Waals surface area contributed by atoms with Gasteiger partial charge in [-0.15, -0.1) is 11.8 Å². The van der Waals surface area contributed by atoms with Crippen LogP contribution in [0.5, 0.6) is 0 Å². The molecule has 0 radical (unpaired) electrons. The van der Waals surface area contributed by atoms with Crippen molar-refractivity contribution in [3.63, 3.8) is 0 Å². The molecule has 2 atom stereocenters. The normalized spacial score (nSPS) is 25.8. The van der Waals surface area contributed by atoms with Gasteiger partial charge in [-0.1, -0.05) is 44.2 Å². The first-order valence-corrected chi connectivity index (χ1v) is 7.85. The Morgan fingerprint density at radius 3 is 2.53 bits per heavy atom. The van der Waals surface area contributed by atoms with E-state index in [1.165, 1.54) is 28.5 Å². The van der Waals surface area contributed by atoms with E-state index in [9.17, 15) is 0 Å². The van der Waals surface area contributed by atoms with E-state index < -0.39 is 0 Å². The van der Waals surface area contributed by atoms with Gasteiger partial charge < -0.3 is 5.73 Å². The van der Waals surface area contributed by atoms with Gasteiger partial charge in [0, 0.05) is 16.2 Å². The summed E-state index contributed by atoms with van der Waals surface area (Å²) in [6.07, 6.45) is 2.46. The Kier molecular flexibility index (Phi) is 3.32. The lowest BCUT2D eigenvalue weighted by atomic mass is 9.88. The van der Waals surface area contributed by atoms with Crippen molar-refractivity contribution in [2.75, 3.05) is 0 Å². The summed E-state index contributed by atoms with van der Waals surface area (Å²) in [5.41, 5.74) is 6.68. The Morgan fingerprint density at radius 1 is 1.11 bits per heavy atom. The minimum absolute atomic E-state index is 0.286. The van der Waals surface area contributed by atoms with Crippen LogP contribution >= 0.6 is 11.8 Å². The zero-order valence-corrected chi connectivity index (χ0v) is 12.4. The van der Waals surface area contributed by atoms with Crippen LogP contribution in [0.25, 0.3) is 10.8 Å². The van der Waals surface area contributed by atoms with E-state index in [1.54, 1.807) is 0 Å². The third-order valence-electron chi connectivity index (χ3n) is 4.38. The minimum atomic E-state index is 0.286. The van der Waals surface area contributed by atoms with Crippen LogP contribution in [0.15, 0.2) is 47.4 Å². The van der Waals surface area contributed by atoms with Crippen LogP contribution in [-0.4, -0.2) is 11.3 Å². The molecule has 0 heterocycles. The Balaban J connectivity index is 1.82. The maximum absolute atomic E-state index is 6.40. The zero-order valence-electron chi connectivity index (χ0n) is 11.6. The largest absolute Gasteiger partial charge is 0.326 e. The van der Waals surface area contributed by atoms with Crippen LogP contribution < -0.4 is 5.73 Å². The molecule has 2 aromatic rings. The van der Waals surface area contributed by atoms with Crippen LogP contribution in [0.2, 0.25) is 0 Å². The molecule has 0 aromatic heterocycles. The number of hydrogen-bond acceptors (Lipinski definition) is 2. The molecular formula is C17H21NS. The third kappa shape index (κ3) is 2.52. The molecule has 3 rings (SSSR count). The van der Waals surface area contributed by atoms with Crippen molar-refractivity contribution in [1.29, 1.82) is 0 Å². The highest BCUT2D eigenvalue weighted by atomic mass is 32.2. The fourth-order valence-corrected chi connectivity index (χ4v) is 4.35. The van der Waals surface area contributed by atoms with E-state index in [1.807, 2.05) is 11.8 Å². The lowest BCUT2D eigenvalue weighted by Gasteiger charge is -2.26. The van der Waals surface area contributed by atoms with E-state index in [0.29, 0.717) is 11.3 Å². The molecule has 1 nitrogen and oxygen atoms in total. The molecule has 2 aromatic carbocycles. The van der Waals surface area contributed by atoms with E-state index in [2.05, 4.69) is 56.3 Å². The third-order valence-corrected chi connectivity index (χ3v) is 5.74. The van der Waals surface area contributed by atoms with Crippen molar-refractivity contribution in [3.05, 3.63) is 42.5 Å². The van der Waals surface area contributed by atoms with Gasteiger partial charge in [-0.25, -0.2) is 0 Å². The maximum atomic E-state index is 6.40. The fraction of sp³-hybridized carbons (Fsp3) is 0.412. The molecule has 19 heavy (non-hydrogen) atoms. The molecule has 1 aliphatic carbocycles. The molecular weight excluding hydrogens is 250 g/mol. The van der Waals surface area contributed by atoms with E-state index in [4.69, 9.17) is 5.73 Å². The first kappa shape index (κ1) is 13.0. The smallest absolute Gasteiger partial charge is 0.0251 e. The lowest BCUT2D eigenvalue weighted by Crippen LogP contribution is -2.38. The summed E-state index contributed by atoms with van der Waals surface area (Å²) in [6.45, 7) is 4.58. The number of nitrogens with two attached hydrogens (primary N) is 1. The predicted octanol–water partition coefficient (Wildman–Crippen LogP) is 4.45. The maximum Gasteiger partial charge on any atom is 0.0251 e. The summed E-state index contributed by atoms with van der Waals surface area (Å²) in [7, 11) is 0. The molecule has 0 aliphatic heterocycles. The first-order valence-electron chi connectivity index (χ1n) is 6.97. The molecule has 100 valence electrons. The van der Waals surface area contributed by atoms with Gasteiger partial charge in [-0.05, 0) is 41.2 Å². The summed E-state index contributed by atoms with van der Waals surface area (Å²) in [6, 6.07) is 15.5. The van der Waals surface area contributed by atoms with Gasteiger partial charge in [-0.3, -0.25) is 0 Å². The molecule has 0 amide bonds. The number of fused-ring (bicyclic) bond motifs is 1. The minimum Gasteiger partial charge on any atom is -0.326 e. The molecule has 1 aliphatic rings. The highest BCUT2D eigenvalue weighted by Crippen LogP contribution is 2.44. The fourth-order valence-electron chi connectivity index (χ4n) is 2.91. The van der Waals surface area contributed by atoms with Gasteiger partial charge in [0.15, 0.2) is 0 Å². The Morgan fingerprint density at radius 2 is 1.84 bits per heavy atom. The van der Waals surface area contributed by atoms with Gasteiger partial charge >= 0.3 is 0 Å². The Labute approximate surface area is 119 Å². The Hall–Kier alpha value is -0.990. The molecule has 1 fully saturated rings. The SMILES string of the molecule is CC1(C)CCC(Sc2ccc3ccccc3c2)C1N. The molecule has 2 N–H and O–H groups in total. The van der Waals surface area contributed by atoms with E-state index in [-0.39, 0.29) is 5.41 Å². The van der Waals surface area contributed by atoms with Crippen LogP contribution in [0.1, 0.15) is 26.7 Å². The van der Waals surface area contributed by atoms with Crippen molar-refractivity contribution in [2.24, 2.45) is 11.1 Å². The average molecular weight is 271 g/mol. The second-order valence-corrected chi connectivity index (χ2v) is 7.53. The van der Waals surface area contributed by atoms with Crippen LogP contribution in [0, 0.1) is 5.41 Å².